The Bertz CT molecular complexity index is 1230. The fourth-order valence-electron chi connectivity index (χ4n) is 4.95. The van der Waals surface area contributed by atoms with Gasteiger partial charge in [-0.2, -0.15) is 0 Å². The summed E-state index contributed by atoms with van der Waals surface area (Å²) >= 11 is 1.67. The zero-order valence-corrected chi connectivity index (χ0v) is 20.0. The first kappa shape index (κ1) is 22.1. The van der Waals surface area contributed by atoms with Crippen molar-refractivity contribution in [2.24, 2.45) is 0 Å². The fourth-order valence-corrected chi connectivity index (χ4v) is 6.22. The highest BCUT2D eigenvalue weighted by Crippen LogP contribution is 2.34. The minimum atomic E-state index is -0.673. The number of rotatable bonds is 6. The molecule has 0 saturated carbocycles. The van der Waals surface area contributed by atoms with Gasteiger partial charge in [-0.15, -0.1) is 11.3 Å². The summed E-state index contributed by atoms with van der Waals surface area (Å²) in [6, 6.07) is 6.53. The number of fused-ring (bicyclic) bond motifs is 3. The summed E-state index contributed by atoms with van der Waals surface area (Å²) in [6.45, 7) is 4.39. The molecule has 33 heavy (non-hydrogen) atoms. The minimum Gasteiger partial charge on any atom is -0.497 e. The van der Waals surface area contributed by atoms with E-state index in [2.05, 4.69) is 10.2 Å². The number of aryl methyl sites for hydroxylation is 2. The van der Waals surface area contributed by atoms with Crippen LogP contribution in [0.25, 0.3) is 10.2 Å². The highest BCUT2D eigenvalue weighted by Gasteiger charge is 2.27. The lowest BCUT2D eigenvalue weighted by Crippen LogP contribution is -2.36. The van der Waals surface area contributed by atoms with Gasteiger partial charge in [0, 0.05) is 10.6 Å². The number of hydrogen-bond donors (Lipinski definition) is 1. The number of nitrogens with one attached hydrogen (secondary N) is 1. The van der Waals surface area contributed by atoms with Crippen LogP contribution in [0.3, 0.4) is 0 Å². The van der Waals surface area contributed by atoms with Crippen molar-refractivity contribution in [2.75, 3.05) is 25.5 Å². The Morgan fingerprint density at radius 3 is 2.61 bits per heavy atom. The van der Waals surface area contributed by atoms with Gasteiger partial charge in [0.15, 0.2) is 0 Å². The van der Waals surface area contributed by atoms with E-state index < -0.39 is 6.04 Å². The van der Waals surface area contributed by atoms with Crippen LogP contribution in [0.2, 0.25) is 0 Å². The molecule has 1 N–H and O–H groups in total. The molecule has 174 valence electrons. The third-order valence-electron chi connectivity index (χ3n) is 6.78. The van der Waals surface area contributed by atoms with E-state index in [1.54, 1.807) is 54.2 Å². The standard InChI is InChI=1S/C25H30N4O3S/c1-16(23(30)26-17-9-11-18(32-2)12-10-17)29-21(15-28-13-5-6-14-28)27-24-22(25(29)31)19-7-3-4-8-20(19)33-24/h9-12,16H,3-8,13-15H2,1-2H3,(H,26,30). The SMILES string of the molecule is COc1ccc(NC(=O)C(C)n2c(CN3CCCC3)nc3sc4c(c3c2=O)CCCC4)cc1. The number of carbonyl (C=O) groups excluding carboxylic acids is 1. The molecule has 1 amide bonds. The third-order valence-corrected chi connectivity index (χ3v) is 7.97. The van der Waals surface area contributed by atoms with Gasteiger partial charge in [-0.05, 0) is 88.4 Å². The molecule has 1 aromatic carbocycles. The lowest BCUT2D eigenvalue weighted by molar-refractivity contribution is -0.119. The Morgan fingerprint density at radius 2 is 1.88 bits per heavy atom. The number of methoxy groups -OCH3 is 1. The van der Waals surface area contributed by atoms with Crippen LogP contribution >= 0.6 is 11.3 Å². The molecule has 1 aliphatic carbocycles. The van der Waals surface area contributed by atoms with Gasteiger partial charge < -0.3 is 10.1 Å². The lowest BCUT2D eigenvalue weighted by Gasteiger charge is -2.22. The number of thiophene rings is 1. The van der Waals surface area contributed by atoms with Gasteiger partial charge in [0.1, 0.15) is 22.4 Å². The molecule has 3 aromatic rings. The Labute approximate surface area is 197 Å². The summed E-state index contributed by atoms with van der Waals surface area (Å²) < 4.78 is 6.83. The highest BCUT2D eigenvalue weighted by atomic mass is 32.1. The van der Waals surface area contributed by atoms with Crippen molar-refractivity contribution >= 4 is 33.1 Å². The molecule has 8 heteroatoms. The monoisotopic (exact) mass is 466 g/mol. The molecule has 7 nitrogen and oxygen atoms in total. The zero-order chi connectivity index (χ0) is 22.9. The molecule has 5 rings (SSSR count). The first-order valence-corrected chi connectivity index (χ1v) is 12.6. The van der Waals surface area contributed by atoms with Gasteiger partial charge in [-0.1, -0.05) is 0 Å². The number of nitrogens with zero attached hydrogens (tertiary/aromatic N) is 3. The van der Waals surface area contributed by atoms with E-state index in [4.69, 9.17) is 9.72 Å². The first-order valence-electron chi connectivity index (χ1n) is 11.8. The molecule has 0 radical (unpaired) electrons. The second-order valence-electron chi connectivity index (χ2n) is 8.97. The van der Waals surface area contributed by atoms with Crippen LogP contribution in [-0.2, 0) is 24.2 Å². The van der Waals surface area contributed by atoms with Crippen LogP contribution in [0.15, 0.2) is 29.1 Å². The Balaban J connectivity index is 1.53. The Hall–Kier alpha value is -2.71. The molecule has 0 spiro atoms. The van der Waals surface area contributed by atoms with Crippen LogP contribution in [0.1, 0.15) is 54.9 Å². The Morgan fingerprint density at radius 1 is 1.15 bits per heavy atom. The van der Waals surface area contributed by atoms with E-state index >= 15 is 0 Å². The predicted octanol–water partition coefficient (Wildman–Crippen LogP) is 4.14. The molecule has 0 bridgehead atoms. The van der Waals surface area contributed by atoms with Gasteiger partial charge in [0.2, 0.25) is 5.91 Å². The number of anilines is 1. The maximum Gasteiger partial charge on any atom is 0.263 e. The predicted molar refractivity (Wildman–Crippen MR) is 131 cm³/mol. The summed E-state index contributed by atoms with van der Waals surface area (Å²) in [4.78, 5) is 36.5. The number of amides is 1. The van der Waals surface area contributed by atoms with Crippen LogP contribution in [-0.4, -0.2) is 40.6 Å². The van der Waals surface area contributed by atoms with Crippen molar-refractivity contribution in [3.63, 3.8) is 0 Å². The average Bonchev–Trinajstić information content (AvgIpc) is 3.46. The first-order chi connectivity index (χ1) is 16.0. The second kappa shape index (κ2) is 9.27. The largest absolute Gasteiger partial charge is 0.497 e. The number of benzene rings is 1. The summed E-state index contributed by atoms with van der Waals surface area (Å²) in [7, 11) is 1.61. The summed E-state index contributed by atoms with van der Waals surface area (Å²) in [5.74, 6) is 1.18. The number of ether oxygens (including phenoxy) is 1. The number of likely N-dealkylation sites (tertiary alicyclic amines) is 1. The van der Waals surface area contributed by atoms with E-state index in [0.29, 0.717) is 18.1 Å². The van der Waals surface area contributed by atoms with Crippen LogP contribution in [0, 0.1) is 0 Å². The van der Waals surface area contributed by atoms with Crippen LogP contribution < -0.4 is 15.6 Å². The van der Waals surface area contributed by atoms with Crippen molar-refractivity contribution in [1.29, 1.82) is 0 Å². The Kier molecular flexibility index (Phi) is 6.21. The van der Waals surface area contributed by atoms with Crippen LogP contribution in [0.4, 0.5) is 5.69 Å². The smallest absolute Gasteiger partial charge is 0.263 e. The molecule has 1 unspecified atom stereocenters. The molecular weight excluding hydrogens is 436 g/mol. The maximum atomic E-state index is 13.9. The number of carbonyl (C=O) groups is 1. The summed E-state index contributed by atoms with van der Waals surface area (Å²) in [5, 5.41) is 3.68. The highest BCUT2D eigenvalue weighted by molar-refractivity contribution is 7.18. The van der Waals surface area contributed by atoms with Gasteiger partial charge in [-0.25, -0.2) is 4.98 Å². The van der Waals surface area contributed by atoms with Crippen molar-refractivity contribution < 1.29 is 9.53 Å². The molecule has 1 saturated heterocycles. The number of aromatic nitrogens is 2. The average molecular weight is 467 g/mol. The molecule has 3 heterocycles. The summed E-state index contributed by atoms with van der Waals surface area (Å²) in [6.07, 6.45) is 6.52. The van der Waals surface area contributed by atoms with Gasteiger partial charge >= 0.3 is 0 Å². The quantitative estimate of drug-likeness (QED) is 0.591. The van der Waals surface area contributed by atoms with E-state index in [0.717, 1.165) is 73.1 Å². The van der Waals surface area contributed by atoms with E-state index in [9.17, 15) is 9.59 Å². The second-order valence-corrected chi connectivity index (χ2v) is 10.1. The van der Waals surface area contributed by atoms with Crippen molar-refractivity contribution in [3.05, 3.63) is 50.9 Å². The molecular formula is C25H30N4O3S. The topological polar surface area (TPSA) is 76.5 Å². The molecule has 1 atom stereocenters. The normalized spacial score (nSPS) is 17.2. The number of hydrogen-bond acceptors (Lipinski definition) is 6. The van der Waals surface area contributed by atoms with Crippen LogP contribution in [0.5, 0.6) is 5.75 Å². The fraction of sp³-hybridized carbons (Fsp3) is 0.480. The zero-order valence-electron chi connectivity index (χ0n) is 19.2. The molecule has 2 aliphatic rings. The molecule has 1 fully saturated rings. The van der Waals surface area contributed by atoms with E-state index in [1.165, 1.54) is 4.88 Å². The van der Waals surface area contributed by atoms with Gasteiger partial charge in [0.25, 0.3) is 5.56 Å². The molecule has 2 aromatic heterocycles. The van der Waals surface area contributed by atoms with E-state index in [-0.39, 0.29) is 11.5 Å². The van der Waals surface area contributed by atoms with Crippen molar-refractivity contribution in [1.82, 2.24) is 14.5 Å². The minimum absolute atomic E-state index is 0.0778. The maximum absolute atomic E-state index is 13.9. The van der Waals surface area contributed by atoms with Gasteiger partial charge in [-0.3, -0.25) is 19.1 Å². The van der Waals surface area contributed by atoms with Crippen molar-refractivity contribution in [2.45, 2.75) is 58.0 Å². The van der Waals surface area contributed by atoms with E-state index in [1.807, 2.05) is 0 Å². The van der Waals surface area contributed by atoms with Crippen molar-refractivity contribution in [3.8, 4) is 5.75 Å². The third kappa shape index (κ3) is 4.29. The lowest BCUT2D eigenvalue weighted by atomic mass is 9.97. The molecule has 1 aliphatic heterocycles. The summed E-state index contributed by atoms with van der Waals surface area (Å²) in [5.41, 5.74) is 1.75. The van der Waals surface area contributed by atoms with Gasteiger partial charge in [0.05, 0.1) is 19.0 Å².